The highest BCUT2D eigenvalue weighted by Crippen LogP contribution is 2.24. The van der Waals surface area contributed by atoms with Crippen LogP contribution in [0.25, 0.3) is 0 Å². The van der Waals surface area contributed by atoms with Crippen molar-refractivity contribution in [2.75, 3.05) is 0 Å². The van der Waals surface area contributed by atoms with E-state index < -0.39 is 10.9 Å². The Morgan fingerprint density at radius 2 is 1.55 bits per heavy atom. The third-order valence-electron chi connectivity index (χ3n) is 3.24. The minimum atomic E-state index is -0.543. The predicted octanol–water partition coefficient (Wildman–Crippen LogP) is 4.11. The number of hydrogen-bond acceptors (Lipinski definition) is 4. The van der Waals surface area contributed by atoms with Crippen LogP contribution >= 0.6 is 0 Å². The summed E-state index contributed by atoms with van der Waals surface area (Å²) in [5.41, 5.74) is 1.38. The van der Waals surface area contributed by atoms with Gasteiger partial charge in [-0.15, -0.1) is 0 Å². The van der Waals surface area contributed by atoms with E-state index in [0.29, 0.717) is 5.75 Å². The first kappa shape index (κ1) is 15.7. The van der Waals surface area contributed by atoms with Crippen molar-refractivity contribution >= 4 is 11.7 Å². The summed E-state index contributed by atoms with van der Waals surface area (Å²) in [6, 6.07) is 12.6. The molecule has 2 aromatic rings. The van der Waals surface area contributed by atoms with Gasteiger partial charge in [0.25, 0.3) is 5.69 Å². The van der Waals surface area contributed by atoms with Crippen LogP contribution in [-0.4, -0.2) is 10.9 Å². The molecule has 0 aliphatic carbocycles. The van der Waals surface area contributed by atoms with Crippen molar-refractivity contribution in [3.05, 3.63) is 69.8 Å². The van der Waals surface area contributed by atoms with E-state index >= 15 is 0 Å². The van der Waals surface area contributed by atoms with E-state index in [0.717, 1.165) is 5.56 Å². The Morgan fingerprint density at radius 1 is 1.00 bits per heavy atom. The minimum absolute atomic E-state index is 0.0287. The second kappa shape index (κ2) is 5.97. The van der Waals surface area contributed by atoms with Gasteiger partial charge in [0.2, 0.25) is 0 Å². The van der Waals surface area contributed by atoms with Gasteiger partial charge in [-0.2, -0.15) is 0 Å². The van der Waals surface area contributed by atoms with E-state index in [1.807, 2.05) is 12.1 Å². The van der Waals surface area contributed by atoms with E-state index in [-0.39, 0.29) is 16.7 Å². The Kier molecular flexibility index (Phi) is 4.26. The predicted molar refractivity (Wildman–Crippen MR) is 83.2 cm³/mol. The summed E-state index contributed by atoms with van der Waals surface area (Å²) in [4.78, 5) is 22.0. The number of carbonyl (C=O) groups is 1. The topological polar surface area (TPSA) is 69.4 Å². The second-order valence-electron chi connectivity index (χ2n) is 5.97. The third-order valence-corrected chi connectivity index (χ3v) is 3.24. The van der Waals surface area contributed by atoms with E-state index in [2.05, 4.69) is 20.8 Å². The number of ether oxygens (including phenoxy) is 1. The molecule has 0 fully saturated rings. The lowest BCUT2D eigenvalue weighted by Crippen LogP contribution is -2.11. The number of nitro groups is 1. The second-order valence-corrected chi connectivity index (χ2v) is 5.97. The molecular formula is C17H17NO4. The van der Waals surface area contributed by atoms with Gasteiger partial charge in [-0.25, -0.2) is 4.79 Å². The first-order valence-electron chi connectivity index (χ1n) is 6.84. The van der Waals surface area contributed by atoms with Gasteiger partial charge in [0, 0.05) is 12.1 Å². The van der Waals surface area contributed by atoms with Crippen molar-refractivity contribution in [3.63, 3.8) is 0 Å². The lowest BCUT2D eigenvalue weighted by molar-refractivity contribution is -0.384. The molecule has 0 amide bonds. The van der Waals surface area contributed by atoms with Gasteiger partial charge < -0.3 is 4.74 Å². The fourth-order valence-electron chi connectivity index (χ4n) is 1.91. The zero-order chi connectivity index (χ0) is 16.3. The first-order valence-corrected chi connectivity index (χ1v) is 6.84. The van der Waals surface area contributed by atoms with Crippen LogP contribution in [0.15, 0.2) is 48.5 Å². The van der Waals surface area contributed by atoms with Gasteiger partial charge in [-0.1, -0.05) is 32.9 Å². The molecular weight excluding hydrogens is 282 g/mol. The lowest BCUT2D eigenvalue weighted by Gasteiger charge is -2.18. The molecule has 0 bridgehead atoms. The van der Waals surface area contributed by atoms with Gasteiger partial charge >= 0.3 is 5.97 Å². The normalized spacial score (nSPS) is 11.0. The molecule has 0 saturated carbocycles. The number of hydrogen-bond donors (Lipinski definition) is 0. The fraction of sp³-hybridized carbons (Fsp3) is 0.235. The number of rotatable bonds is 3. The molecule has 0 heterocycles. The number of nitrogens with zero attached hydrogens (tertiary/aromatic N) is 1. The van der Waals surface area contributed by atoms with Gasteiger partial charge in [-0.3, -0.25) is 10.1 Å². The Hall–Kier alpha value is -2.69. The van der Waals surface area contributed by atoms with Crippen molar-refractivity contribution in [1.29, 1.82) is 0 Å². The highest BCUT2D eigenvalue weighted by molar-refractivity contribution is 5.91. The summed E-state index contributed by atoms with van der Waals surface area (Å²) in [6.07, 6.45) is 0. The SMILES string of the molecule is CC(C)(C)c1ccc(OC(=O)c2ccc([N+](=O)[O-])cc2)cc1. The molecule has 0 unspecified atom stereocenters. The van der Waals surface area contributed by atoms with Crippen LogP contribution in [0.2, 0.25) is 0 Å². The molecule has 0 aliphatic rings. The fourth-order valence-corrected chi connectivity index (χ4v) is 1.91. The molecule has 0 aromatic heterocycles. The molecule has 0 radical (unpaired) electrons. The van der Waals surface area contributed by atoms with Crippen LogP contribution < -0.4 is 4.74 Å². The average Bonchev–Trinajstić information content (AvgIpc) is 2.47. The summed E-state index contributed by atoms with van der Waals surface area (Å²) in [5, 5.41) is 10.6. The molecule has 0 aliphatic heterocycles. The highest BCUT2D eigenvalue weighted by atomic mass is 16.6. The van der Waals surface area contributed by atoms with Gasteiger partial charge in [0.05, 0.1) is 10.5 Å². The summed E-state index contributed by atoms with van der Waals surface area (Å²) in [7, 11) is 0. The van der Waals surface area contributed by atoms with Crippen LogP contribution in [0.4, 0.5) is 5.69 Å². The van der Waals surface area contributed by atoms with Crippen molar-refractivity contribution in [2.45, 2.75) is 26.2 Å². The standard InChI is InChI=1S/C17H17NO4/c1-17(2,3)13-6-10-15(11-7-13)22-16(19)12-4-8-14(9-5-12)18(20)21/h4-11H,1-3H3. The highest BCUT2D eigenvalue weighted by Gasteiger charge is 2.15. The molecule has 114 valence electrons. The maximum Gasteiger partial charge on any atom is 0.343 e. The van der Waals surface area contributed by atoms with Crippen molar-refractivity contribution in [1.82, 2.24) is 0 Å². The molecule has 22 heavy (non-hydrogen) atoms. The Bertz CT molecular complexity index is 682. The summed E-state index contributed by atoms with van der Waals surface area (Å²) >= 11 is 0. The summed E-state index contributed by atoms with van der Waals surface area (Å²) < 4.78 is 5.26. The van der Waals surface area contributed by atoms with Crippen molar-refractivity contribution in [2.24, 2.45) is 0 Å². The first-order chi connectivity index (χ1) is 10.3. The smallest absolute Gasteiger partial charge is 0.343 e. The maximum absolute atomic E-state index is 12.0. The zero-order valence-corrected chi connectivity index (χ0v) is 12.7. The largest absolute Gasteiger partial charge is 0.423 e. The molecule has 5 heteroatoms. The number of nitro benzene ring substituents is 1. The van der Waals surface area contributed by atoms with Crippen molar-refractivity contribution in [3.8, 4) is 5.75 Å². The van der Waals surface area contributed by atoms with Gasteiger partial charge in [0.1, 0.15) is 5.75 Å². The molecule has 2 rings (SSSR count). The zero-order valence-electron chi connectivity index (χ0n) is 12.7. The van der Waals surface area contributed by atoms with E-state index in [9.17, 15) is 14.9 Å². The number of carbonyl (C=O) groups excluding carboxylic acids is 1. The van der Waals surface area contributed by atoms with Crippen LogP contribution in [0.3, 0.4) is 0 Å². The van der Waals surface area contributed by atoms with Crippen LogP contribution in [0, 0.1) is 10.1 Å². The quantitative estimate of drug-likeness (QED) is 0.370. The molecule has 0 saturated heterocycles. The van der Waals surface area contributed by atoms with E-state index in [4.69, 9.17) is 4.74 Å². The van der Waals surface area contributed by atoms with Gasteiger partial charge in [0.15, 0.2) is 0 Å². The Labute approximate surface area is 128 Å². The number of non-ortho nitro benzene ring substituents is 1. The van der Waals surface area contributed by atoms with Crippen LogP contribution in [0.5, 0.6) is 5.75 Å². The Balaban J connectivity index is 2.10. The molecule has 5 nitrogen and oxygen atoms in total. The molecule has 0 spiro atoms. The van der Waals surface area contributed by atoms with Crippen molar-refractivity contribution < 1.29 is 14.5 Å². The third kappa shape index (κ3) is 3.69. The van der Waals surface area contributed by atoms with Crippen LogP contribution in [0.1, 0.15) is 36.7 Å². The number of esters is 1. The van der Waals surface area contributed by atoms with E-state index in [1.165, 1.54) is 24.3 Å². The summed E-state index contributed by atoms with van der Waals surface area (Å²) in [6.45, 7) is 6.31. The lowest BCUT2D eigenvalue weighted by atomic mass is 9.87. The Morgan fingerprint density at radius 3 is 2.00 bits per heavy atom. The molecule has 0 atom stereocenters. The van der Waals surface area contributed by atoms with Crippen LogP contribution in [-0.2, 0) is 5.41 Å². The molecule has 0 N–H and O–H groups in total. The number of benzene rings is 2. The maximum atomic E-state index is 12.0. The minimum Gasteiger partial charge on any atom is -0.423 e. The average molecular weight is 299 g/mol. The summed E-state index contributed by atoms with van der Waals surface area (Å²) in [5.74, 6) is -0.102. The van der Waals surface area contributed by atoms with Gasteiger partial charge in [-0.05, 0) is 35.2 Å². The monoisotopic (exact) mass is 299 g/mol. The molecule has 2 aromatic carbocycles. The van der Waals surface area contributed by atoms with E-state index in [1.54, 1.807) is 12.1 Å².